The predicted octanol–water partition coefficient (Wildman–Crippen LogP) is 2.84. The lowest BCUT2D eigenvalue weighted by atomic mass is 10.1. The van der Waals surface area contributed by atoms with E-state index in [1.165, 1.54) is 18.2 Å². The van der Waals surface area contributed by atoms with Crippen LogP contribution in [0, 0.1) is 24.0 Å². The second-order valence-corrected chi connectivity index (χ2v) is 4.62. The summed E-state index contributed by atoms with van der Waals surface area (Å²) in [6.07, 6.45) is 0. The number of nitro groups is 1. The van der Waals surface area contributed by atoms with Gasteiger partial charge in [0.05, 0.1) is 22.0 Å². The van der Waals surface area contributed by atoms with E-state index in [0.29, 0.717) is 17.1 Å². The lowest BCUT2D eigenvalue weighted by molar-refractivity contribution is -0.385. The fraction of sp³-hybridized carbons (Fsp3) is 0.167. The molecule has 0 bridgehead atoms. The Hall–Kier alpha value is -2.41. The molecule has 1 aromatic heterocycles. The first-order chi connectivity index (χ1) is 9.40. The van der Waals surface area contributed by atoms with Gasteiger partial charge in [-0.2, -0.15) is 5.10 Å². The van der Waals surface area contributed by atoms with Gasteiger partial charge in [0.25, 0.3) is 11.6 Å². The molecule has 0 aliphatic rings. The van der Waals surface area contributed by atoms with Gasteiger partial charge in [-0.1, -0.05) is 11.6 Å². The monoisotopic (exact) mass is 294 g/mol. The summed E-state index contributed by atoms with van der Waals surface area (Å²) < 4.78 is 0. The molecule has 8 heteroatoms. The van der Waals surface area contributed by atoms with E-state index in [1.807, 2.05) is 0 Å². The molecule has 104 valence electrons. The van der Waals surface area contributed by atoms with Crippen molar-refractivity contribution >= 4 is 28.9 Å². The van der Waals surface area contributed by atoms with E-state index in [1.54, 1.807) is 13.8 Å². The van der Waals surface area contributed by atoms with Crippen LogP contribution in [0.5, 0.6) is 0 Å². The van der Waals surface area contributed by atoms with Crippen molar-refractivity contribution in [1.82, 2.24) is 10.2 Å². The Labute approximate surface area is 119 Å². The Morgan fingerprint density at radius 1 is 1.45 bits per heavy atom. The topological polar surface area (TPSA) is 101 Å². The van der Waals surface area contributed by atoms with E-state index in [2.05, 4.69) is 15.5 Å². The number of nitrogens with one attached hydrogen (secondary N) is 2. The molecule has 0 aliphatic carbocycles. The molecule has 0 unspecified atom stereocenters. The van der Waals surface area contributed by atoms with Gasteiger partial charge in [0, 0.05) is 11.1 Å². The number of rotatable bonds is 3. The molecule has 2 aromatic rings. The first-order valence-corrected chi connectivity index (χ1v) is 6.05. The summed E-state index contributed by atoms with van der Waals surface area (Å²) in [7, 11) is 0. The van der Waals surface area contributed by atoms with Crippen LogP contribution in [0.25, 0.3) is 0 Å². The standard InChI is InChI=1S/C12H11ClN4O3/c1-6-11(7(2)16-15-6)14-12(18)9-5-8(13)3-4-10(9)17(19)20/h3-5H,1-2H3,(H,14,18)(H,15,16). The van der Waals surface area contributed by atoms with Crippen LogP contribution in [0.4, 0.5) is 11.4 Å². The number of hydrogen-bond donors (Lipinski definition) is 2. The van der Waals surface area contributed by atoms with Crippen molar-refractivity contribution in [2.75, 3.05) is 5.32 Å². The molecular formula is C12H11ClN4O3. The Bertz CT molecular complexity index is 677. The molecule has 20 heavy (non-hydrogen) atoms. The van der Waals surface area contributed by atoms with Gasteiger partial charge in [0.2, 0.25) is 0 Å². The van der Waals surface area contributed by atoms with Crippen molar-refractivity contribution < 1.29 is 9.72 Å². The number of aromatic amines is 1. The number of nitrogens with zero attached hydrogens (tertiary/aromatic N) is 2. The molecule has 2 N–H and O–H groups in total. The minimum Gasteiger partial charge on any atom is -0.319 e. The summed E-state index contributed by atoms with van der Waals surface area (Å²) in [6, 6.07) is 3.83. The van der Waals surface area contributed by atoms with Crippen molar-refractivity contribution in [3.05, 3.63) is 50.3 Å². The number of anilines is 1. The van der Waals surface area contributed by atoms with Gasteiger partial charge >= 0.3 is 0 Å². The summed E-state index contributed by atoms with van der Waals surface area (Å²) in [5.41, 5.74) is 1.37. The summed E-state index contributed by atoms with van der Waals surface area (Å²) in [6.45, 7) is 3.45. The normalized spacial score (nSPS) is 10.3. The van der Waals surface area contributed by atoms with Crippen LogP contribution < -0.4 is 5.32 Å². The van der Waals surface area contributed by atoms with Gasteiger partial charge < -0.3 is 5.32 Å². The van der Waals surface area contributed by atoms with E-state index >= 15 is 0 Å². The number of aryl methyl sites for hydroxylation is 2. The highest BCUT2D eigenvalue weighted by molar-refractivity contribution is 6.31. The average molecular weight is 295 g/mol. The highest BCUT2D eigenvalue weighted by atomic mass is 35.5. The number of halogens is 1. The molecule has 0 radical (unpaired) electrons. The second-order valence-electron chi connectivity index (χ2n) is 4.18. The molecule has 1 amide bonds. The maximum atomic E-state index is 12.2. The lowest BCUT2D eigenvalue weighted by Crippen LogP contribution is -2.15. The van der Waals surface area contributed by atoms with Crippen LogP contribution in [0.3, 0.4) is 0 Å². The van der Waals surface area contributed by atoms with Crippen LogP contribution in [-0.4, -0.2) is 21.0 Å². The van der Waals surface area contributed by atoms with Crippen molar-refractivity contribution in [3.8, 4) is 0 Å². The molecule has 0 atom stereocenters. The van der Waals surface area contributed by atoms with E-state index < -0.39 is 10.8 Å². The highest BCUT2D eigenvalue weighted by Crippen LogP contribution is 2.25. The molecule has 0 fully saturated rings. The molecule has 1 heterocycles. The van der Waals surface area contributed by atoms with Crippen LogP contribution in [0.1, 0.15) is 21.7 Å². The highest BCUT2D eigenvalue weighted by Gasteiger charge is 2.22. The van der Waals surface area contributed by atoms with Crippen molar-refractivity contribution in [2.45, 2.75) is 13.8 Å². The van der Waals surface area contributed by atoms with Gasteiger partial charge in [0.1, 0.15) is 5.56 Å². The van der Waals surface area contributed by atoms with Crippen molar-refractivity contribution in [1.29, 1.82) is 0 Å². The number of H-pyrrole nitrogens is 1. The number of hydrogen-bond acceptors (Lipinski definition) is 4. The largest absolute Gasteiger partial charge is 0.319 e. The number of benzene rings is 1. The zero-order chi connectivity index (χ0) is 14.9. The SMILES string of the molecule is Cc1n[nH]c(C)c1NC(=O)c1cc(Cl)ccc1[N+](=O)[O-]. The maximum Gasteiger partial charge on any atom is 0.282 e. The molecule has 0 spiro atoms. The van der Waals surface area contributed by atoms with E-state index in [9.17, 15) is 14.9 Å². The fourth-order valence-electron chi connectivity index (χ4n) is 1.77. The summed E-state index contributed by atoms with van der Waals surface area (Å²) in [5, 5.41) is 20.4. The van der Waals surface area contributed by atoms with Crippen molar-refractivity contribution in [2.24, 2.45) is 0 Å². The number of carbonyl (C=O) groups is 1. The molecule has 2 rings (SSSR count). The molecular weight excluding hydrogens is 284 g/mol. The molecule has 0 aliphatic heterocycles. The molecule has 0 saturated heterocycles. The Morgan fingerprint density at radius 2 is 2.15 bits per heavy atom. The Morgan fingerprint density at radius 3 is 2.70 bits per heavy atom. The maximum absolute atomic E-state index is 12.2. The van der Waals surface area contributed by atoms with Gasteiger partial charge in [-0.25, -0.2) is 0 Å². The predicted molar refractivity (Wildman–Crippen MR) is 74.1 cm³/mol. The first-order valence-electron chi connectivity index (χ1n) is 5.67. The third-order valence-electron chi connectivity index (χ3n) is 2.77. The number of aromatic nitrogens is 2. The zero-order valence-corrected chi connectivity index (χ0v) is 11.5. The zero-order valence-electron chi connectivity index (χ0n) is 10.7. The summed E-state index contributed by atoms with van der Waals surface area (Å²) in [5.74, 6) is -0.605. The van der Waals surface area contributed by atoms with Crippen LogP contribution >= 0.6 is 11.6 Å². The summed E-state index contributed by atoms with van der Waals surface area (Å²) in [4.78, 5) is 22.5. The first kappa shape index (κ1) is 14.0. The molecule has 0 saturated carbocycles. The minimum atomic E-state index is -0.625. The van der Waals surface area contributed by atoms with E-state index in [0.717, 1.165) is 0 Å². The fourth-order valence-corrected chi connectivity index (χ4v) is 1.94. The third kappa shape index (κ3) is 2.62. The van der Waals surface area contributed by atoms with Crippen molar-refractivity contribution in [3.63, 3.8) is 0 Å². The smallest absolute Gasteiger partial charge is 0.282 e. The number of nitro benzene ring substituents is 1. The number of amides is 1. The van der Waals surface area contributed by atoms with E-state index in [4.69, 9.17) is 11.6 Å². The van der Waals surface area contributed by atoms with Crippen LogP contribution in [-0.2, 0) is 0 Å². The van der Waals surface area contributed by atoms with Crippen LogP contribution in [0.15, 0.2) is 18.2 Å². The van der Waals surface area contributed by atoms with Gasteiger partial charge in [-0.15, -0.1) is 0 Å². The average Bonchev–Trinajstić information content (AvgIpc) is 2.70. The van der Waals surface area contributed by atoms with Gasteiger partial charge in [-0.3, -0.25) is 20.0 Å². The minimum absolute atomic E-state index is 0.0949. The number of carbonyl (C=O) groups excluding carboxylic acids is 1. The second kappa shape index (κ2) is 5.30. The quantitative estimate of drug-likeness (QED) is 0.671. The van der Waals surface area contributed by atoms with Gasteiger partial charge in [0.15, 0.2) is 0 Å². The lowest BCUT2D eigenvalue weighted by Gasteiger charge is -2.06. The van der Waals surface area contributed by atoms with Gasteiger partial charge in [-0.05, 0) is 26.0 Å². The molecule has 1 aromatic carbocycles. The summed E-state index contributed by atoms with van der Waals surface area (Å²) >= 11 is 5.79. The third-order valence-corrected chi connectivity index (χ3v) is 3.00. The van der Waals surface area contributed by atoms with E-state index in [-0.39, 0.29) is 16.3 Å². The Kier molecular flexibility index (Phi) is 3.71. The van der Waals surface area contributed by atoms with Crippen LogP contribution in [0.2, 0.25) is 5.02 Å². The Balaban J connectivity index is 2.39. The molecule has 7 nitrogen and oxygen atoms in total.